The highest BCUT2D eigenvalue weighted by atomic mass is 32.2. The molecule has 3 nitrogen and oxygen atoms in total. The highest BCUT2D eigenvalue weighted by molar-refractivity contribution is 7.98. The molecule has 0 unspecified atom stereocenters. The average Bonchev–Trinajstić information content (AvgIpc) is 2.76. The maximum Gasteiger partial charge on any atom is 0.259 e. The Balaban J connectivity index is 2.01. The Bertz CT molecular complexity index is 657. The van der Waals surface area contributed by atoms with Gasteiger partial charge in [0, 0.05) is 18.0 Å². The number of anilines is 2. The Hall–Kier alpha value is -1.94. The van der Waals surface area contributed by atoms with Gasteiger partial charge in [0.1, 0.15) is 0 Å². The molecule has 0 radical (unpaired) electrons. The fraction of sp³-hybridized carbons (Fsp3) is 0.235. The summed E-state index contributed by atoms with van der Waals surface area (Å²) in [5, 5.41) is 3.39. The van der Waals surface area contributed by atoms with E-state index in [2.05, 4.69) is 5.32 Å². The van der Waals surface area contributed by atoms with E-state index in [1.807, 2.05) is 59.7 Å². The van der Waals surface area contributed by atoms with Crippen LogP contribution in [0.1, 0.15) is 16.8 Å². The first-order chi connectivity index (χ1) is 10.3. The van der Waals surface area contributed by atoms with Crippen LogP contribution < -0.4 is 10.2 Å². The molecule has 0 saturated heterocycles. The van der Waals surface area contributed by atoms with Crippen molar-refractivity contribution in [2.45, 2.75) is 11.3 Å². The van der Waals surface area contributed by atoms with Crippen LogP contribution in [0.4, 0.5) is 11.4 Å². The van der Waals surface area contributed by atoms with Crippen molar-refractivity contribution in [2.24, 2.45) is 0 Å². The van der Waals surface area contributed by atoms with Crippen molar-refractivity contribution in [3.8, 4) is 0 Å². The van der Waals surface area contributed by atoms with Crippen molar-refractivity contribution in [2.75, 3.05) is 29.6 Å². The van der Waals surface area contributed by atoms with Crippen LogP contribution >= 0.6 is 11.8 Å². The third-order valence-corrected chi connectivity index (χ3v) is 4.45. The molecule has 3 rings (SSSR count). The molecule has 1 amide bonds. The van der Waals surface area contributed by atoms with Gasteiger partial charge in [-0.15, -0.1) is 11.8 Å². The third-order valence-electron chi connectivity index (χ3n) is 3.65. The van der Waals surface area contributed by atoms with Gasteiger partial charge in [-0.2, -0.15) is 0 Å². The molecule has 0 atom stereocenters. The summed E-state index contributed by atoms with van der Waals surface area (Å²) >= 11 is 1.61. The summed E-state index contributed by atoms with van der Waals surface area (Å²) in [7, 11) is 0. The van der Waals surface area contributed by atoms with Gasteiger partial charge >= 0.3 is 0 Å². The maximum absolute atomic E-state index is 13.0. The lowest BCUT2D eigenvalue weighted by Gasteiger charge is -2.23. The zero-order valence-electron chi connectivity index (χ0n) is 12.0. The summed E-state index contributed by atoms with van der Waals surface area (Å²) in [5.74, 6) is 0.0797. The Labute approximate surface area is 129 Å². The minimum absolute atomic E-state index is 0.0797. The predicted molar refractivity (Wildman–Crippen MR) is 89.4 cm³/mol. The number of hydrogen-bond donors (Lipinski definition) is 1. The zero-order chi connectivity index (χ0) is 14.7. The smallest absolute Gasteiger partial charge is 0.259 e. The van der Waals surface area contributed by atoms with Gasteiger partial charge in [-0.1, -0.05) is 24.3 Å². The standard InChI is InChI=1S/C17H18N2OS/c1-21-16-10-5-2-7-13(16)17(20)19-12-6-11-18-14-8-3-4-9-15(14)19/h2-5,7-10,18H,6,11-12H2,1H3. The molecule has 0 spiro atoms. The second-order valence-electron chi connectivity index (χ2n) is 4.95. The minimum atomic E-state index is 0.0797. The number of fused-ring (bicyclic) bond motifs is 1. The van der Waals surface area contributed by atoms with Crippen LogP contribution in [-0.4, -0.2) is 25.3 Å². The molecule has 4 heteroatoms. The summed E-state index contributed by atoms with van der Waals surface area (Å²) in [4.78, 5) is 15.9. The van der Waals surface area contributed by atoms with Gasteiger partial charge in [-0.3, -0.25) is 4.79 Å². The summed E-state index contributed by atoms with van der Waals surface area (Å²) in [6.07, 6.45) is 2.95. The number of nitrogens with zero attached hydrogens (tertiary/aromatic N) is 1. The number of thioether (sulfide) groups is 1. The average molecular weight is 298 g/mol. The summed E-state index contributed by atoms with van der Waals surface area (Å²) in [6, 6.07) is 15.8. The van der Waals surface area contributed by atoms with E-state index in [0.29, 0.717) is 0 Å². The summed E-state index contributed by atoms with van der Waals surface area (Å²) in [5.41, 5.74) is 2.78. The summed E-state index contributed by atoms with van der Waals surface area (Å²) in [6.45, 7) is 1.64. The monoisotopic (exact) mass is 298 g/mol. The van der Waals surface area contributed by atoms with Gasteiger partial charge in [0.25, 0.3) is 5.91 Å². The van der Waals surface area contributed by atoms with Crippen LogP contribution in [0.2, 0.25) is 0 Å². The molecule has 1 aliphatic heterocycles. The number of carbonyl (C=O) groups is 1. The lowest BCUT2D eigenvalue weighted by Crippen LogP contribution is -2.31. The Morgan fingerprint density at radius 2 is 1.90 bits per heavy atom. The number of benzene rings is 2. The summed E-state index contributed by atoms with van der Waals surface area (Å²) < 4.78 is 0. The van der Waals surface area contributed by atoms with Crippen LogP contribution in [0.25, 0.3) is 0 Å². The van der Waals surface area contributed by atoms with Crippen molar-refractivity contribution < 1.29 is 4.79 Å². The first-order valence-electron chi connectivity index (χ1n) is 7.09. The molecule has 1 aliphatic rings. The molecular weight excluding hydrogens is 280 g/mol. The first kappa shape index (κ1) is 14.0. The van der Waals surface area contributed by atoms with E-state index in [9.17, 15) is 4.79 Å². The fourth-order valence-corrected chi connectivity index (χ4v) is 3.21. The van der Waals surface area contributed by atoms with Crippen molar-refractivity contribution in [3.05, 3.63) is 54.1 Å². The van der Waals surface area contributed by atoms with E-state index in [1.54, 1.807) is 11.8 Å². The van der Waals surface area contributed by atoms with Crippen LogP contribution in [-0.2, 0) is 0 Å². The van der Waals surface area contributed by atoms with Crippen molar-refractivity contribution >= 4 is 29.0 Å². The van der Waals surface area contributed by atoms with E-state index in [4.69, 9.17) is 0 Å². The van der Waals surface area contributed by atoms with Crippen LogP contribution in [0, 0.1) is 0 Å². The zero-order valence-corrected chi connectivity index (χ0v) is 12.8. The fourth-order valence-electron chi connectivity index (χ4n) is 2.62. The second kappa shape index (κ2) is 6.22. The number of rotatable bonds is 2. The van der Waals surface area contributed by atoms with Crippen LogP contribution in [0.15, 0.2) is 53.4 Å². The predicted octanol–water partition coefficient (Wildman–Crippen LogP) is 3.87. The molecule has 2 aromatic rings. The van der Waals surface area contributed by atoms with Gasteiger partial charge in [-0.25, -0.2) is 0 Å². The lowest BCUT2D eigenvalue weighted by molar-refractivity contribution is 0.0984. The van der Waals surface area contributed by atoms with E-state index in [-0.39, 0.29) is 5.91 Å². The van der Waals surface area contributed by atoms with Crippen LogP contribution in [0.3, 0.4) is 0 Å². The minimum Gasteiger partial charge on any atom is -0.383 e. The van der Waals surface area contributed by atoms with Gasteiger partial charge in [0.2, 0.25) is 0 Å². The molecule has 21 heavy (non-hydrogen) atoms. The Morgan fingerprint density at radius 1 is 1.14 bits per heavy atom. The molecule has 1 heterocycles. The van der Waals surface area contributed by atoms with Gasteiger partial charge in [0.05, 0.1) is 16.9 Å². The third kappa shape index (κ3) is 2.76. The molecule has 0 bridgehead atoms. The topological polar surface area (TPSA) is 32.3 Å². The lowest BCUT2D eigenvalue weighted by atomic mass is 10.1. The Morgan fingerprint density at radius 3 is 2.76 bits per heavy atom. The number of para-hydroxylation sites is 2. The number of carbonyl (C=O) groups excluding carboxylic acids is 1. The SMILES string of the molecule is CSc1ccccc1C(=O)N1CCCNc2ccccc21. The van der Waals surface area contributed by atoms with Crippen molar-refractivity contribution in [3.63, 3.8) is 0 Å². The van der Waals surface area contributed by atoms with Crippen LogP contribution in [0.5, 0.6) is 0 Å². The quantitative estimate of drug-likeness (QED) is 0.854. The van der Waals surface area contributed by atoms with Gasteiger partial charge < -0.3 is 10.2 Å². The highest BCUT2D eigenvalue weighted by Gasteiger charge is 2.23. The molecule has 0 aliphatic carbocycles. The highest BCUT2D eigenvalue weighted by Crippen LogP contribution is 2.31. The van der Waals surface area contributed by atoms with Crippen molar-refractivity contribution in [1.29, 1.82) is 0 Å². The molecule has 0 aromatic heterocycles. The maximum atomic E-state index is 13.0. The van der Waals surface area contributed by atoms with E-state index in [1.165, 1.54) is 0 Å². The molecule has 0 fully saturated rings. The first-order valence-corrected chi connectivity index (χ1v) is 8.31. The Kier molecular flexibility index (Phi) is 4.15. The molecule has 1 N–H and O–H groups in total. The molecule has 108 valence electrons. The number of amides is 1. The van der Waals surface area contributed by atoms with Crippen molar-refractivity contribution in [1.82, 2.24) is 0 Å². The normalized spacial score (nSPS) is 14.0. The number of nitrogens with one attached hydrogen (secondary N) is 1. The van der Waals surface area contributed by atoms with E-state index >= 15 is 0 Å². The van der Waals surface area contributed by atoms with E-state index in [0.717, 1.165) is 41.3 Å². The molecule has 2 aromatic carbocycles. The largest absolute Gasteiger partial charge is 0.383 e. The molecular formula is C17H18N2OS. The second-order valence-corrected chi connectivity index (χ2v) is 5.80. The molecule has 0 saturated carbocycles. The van der Waals surface area contributed by atoms with Gasteiger partial charge in [0.15, 0.2) is 0 Å². The number of hydrogen-bond acceptors (Lipinski definition) is 3. The van der Waals surface area contributed by atoms with Gasteiger partial charge in [-0.05, 0) is 36.9 Å². The van der Waals surface area contributed by atoms with E-state index < -0.39 is 0 Å².